The van der Waals surface area contributed by atoms with Crippen LogP contribution in [0.15, 0.2) is 17.5 Å². The smallest absolute Gasteiger partial charge is 0.225 e. The van der Waals surface area contributed by atoms with Gasteiger partial charge in [-0.2, -0.15) is 10.1 Å². The predicted molar refractivity (Wildman–Crippen MR) is 73.6 cm³/mol. The molecule has 3 aromatic rings. The lowest BCUT2D eigenvalue weighted by Gasteiger charge is -2.05. The van der Waals surface area contributed by atoms with E-state index in [4.69, 9.17) is 0 Å². The minimum atomic E-state index is 0.593. The molecule has 3 aromatic heterocycles. The molecule has 0 unspecified atom stereocenters. The molecule has 0 atom stereocenters. The van der Waals surface area contributed by atoms with Gasteiger partial charge in [0.2, 0.25) is 5.95 Å². The van der Waals surface area contributed by atoms with Crippen molar-refractivity contribution in [1.82, 2.24) is 20.2 Å². The number of aromatic nitrogens is 4. The van der Waals surface area contributed by atoms with Gasteiger partial charge in [-0.05, 0) is 18.4 Å². The molecular formula is C11H12N6S. The van der Waals surface area contributed by atoms with E-state index in [1.165, 1.54) is 0 Å². The first-order valence-electron chi connectivity index (χ1n) is 5.48. The Labute approximate surface area is 107 Å². The molecule has 3 heterocycles. The van der Waals surface area contributed by atoms with Crippen molar-refractivity contribution in [1.29, 1.82) is 0 Å². The average Bonchev–Trinajstić information content (AvgIpc) is 2.98. The molecule has 0 saturated heterocycles. The summed E-state index contributed by atoms with van der Waals surface area (Å²) in [6.07, 6.45) is 0. The van der Waals surface area contributed by atoms with Crippen LogP contribution in [-0.4, -0.2) is 27.2 Å². The lowest BCUT2D eigenvalue weighted by Crippen LogP contribution is -2.00. The van der Waals surface area contributed by atoms with E-state index in [9.17, 15) is 0 Å². The fourth-order valence-electron chi connectivity index (χ4n) is 1.66. The molecule has 0 fully saturated rings. The Balaban J connectivity index is 2.06. The van der Waals surface area contributed by atoms with Gasteiger partial charge in [0.1, 0.15) is 0 Å². The number of H-pyrrole nitrogens is 1. The Morgan fingerprint density at radius 2 is 2.22 bits per heavy atom. The summed E-state index contributed by atoms with van der Waals surface area (Å²) in [6, 6.07) is 3.91. The van der Waals surface area contributed by atoms with Crippen LogP contribution in [0.3, 0.4) is 0 Å². The Bertz CT molecular complexity index is 686. The van der Waals surface area contributed by atoms with Crippen LogP contribution in [0.5, 0.6) is 0 Å². The second-order valence-corrected chi connectivity index (χ2v) is 4.76. The topological polar surface area (TPSA) is 78.5 Å². The van der Waals surface area contributed by atoms with Crippen molar-refractivity contribution in [2.24, 2.45) is 0 Å². The van der Waals surface area contributed by atoms with Gasteiger partial charge in [0, 0.05) is 18.8 Å². The van der Waals surface area contributed by atoms with Crippen LogP contribution in [0.2, 0.25) is 0 Å². The number of hydrogen-bond acceptors (Lipinski definition) is 6. The predicted octanol–water partition coefficient (Wildman–Crippen LogP) is 2.51. The van der Waals surface area contributed by atoms with E-state index in [0.29, 0.717) is 5.95 Å². The quantitative estimate of drug-likeness (QED) is 0.674. The molecule has 3 rings (SSSR count). The van der Waals surface area contributed by atoms with Crippen molar-refractivity contribution in [3.05, 3.63) is 23.2 Å². The number of aromatic amines is 1. The van der Waals surface area contributed by atoms with Gasteiger partial charge >= 0.3 is 0 Å². The maximum atomic E-state index is 4.42. The highest BCUT2D eigenvalue weighted by Crippen LogP contribution is 2.28. The number of thiophene rings is 1. The second-order valence-electron chi connectivity index (χ2n) is 3.84. The van der Waals surface area contributed by atoms with Gasteiger partial charge in [0.05, 0.1) is 10.2 Å². The van der Waals surface area contributed by atoms with Crippen LogP contribution in [0, 0.1) is 6.92 Å². The van der Waals surface area contributed by atoms with Gasteiger partial charge in [-0.25, -0.2) is 4.98 Å². The summed E-state index contributed by atoms with van der Waals surface area (Å²) >= 11 is 1.61. The SMILES string of the molecule is CNc1nc(Nc2cc(C)[nH]n2)c2sccc2n1. The number of nitrogens with one attached hydrogen (secondary N) is 3. The highest BCUT2D eigenvalue weighted by Gasteiger charge is 2.09. The first-order valence-corrected chi connectivity index (χ1v) is 6.36. The maximum absolute atomic E-state index is 4.42. The number of fused-ring (bicyclic) bond motifs is 1. The highest BCUT2D eigenvalue weighted by atomic mass is 32.1. The van der Waals surface area contributed by atoms with Gasteiger partial charge in [0.25, 0.3) is 0 Å². The van der Waals surface area contributed by atoms with E-state index in [1.807, 2.05) is 24.4 Å². The molecule has 0 radical (unpaired) electrons. The first-order chi connectivity index (χ1) is 8.76. The molecule has 0 aliphatic heterocycles. The Morgan fingerprint density at radius 1 is 1.33 bits per heavy atom. The molecule has 0 spiro atoms. The fraction of sp³-hybridized carbons (Fsp3) is 0.182. The fourth-order valence-corrected chi connectivity index (χ4v) is 2.44. The summed E-state index contributed by atoms with van der Waals surface area (Å²) in [6.45, 7) is 1.96. The zero-order valence-electron chi connectivity index (χ0n) is 9.98. The minimum Gasteiger partial charge on any atom is -0.357 e. The van der Waals surface area contributed by atoms with Crippen LogP contribution in [0.1, 0.15) is 5.69 Å². The Kier molecular flexibility index (Phi) is 2.60. The van der Waals surface area contributed by atoms with Gasteiger partial charge in [0.15, 0.2) is 11.6 Å². The summed E-state index contributed by atoms with van der Waals surface area (Å²) < 4.78 is 1.02. The van der Waals surface area contributed by atoms with E-state index >= 15 is 0 Å². The standard InChI is InChI=1S/C11H12N6S/c1-6-5-8(17-16-6)14-10-9-7(3-4-18-9)13-11(12-2)15-10/h3-5H,1-2H3,(H3,12,13,14,15,16,17). The summed E-state index contributed by atoms with van der Waals surface area (Å²) in [7, 11) is 1.80. The third-order valence-electron chi connectivity index (χ3n) is 2.48. The van der Waals surface area contributed by atoms with Crippen molar-refractivity contribution in [2.75, 3.05) is 17.7 Å². The second kappa shape index (κ2) is 4.26. The van der Waals surface area contributed by atoms with Crippen molar-refractivity contribution < 1.29 is 0 Å². The molecule has 0 aliphatic rings. The van der Waals surface area contributed by atoms with Crippen molar-refractivity contribution in [3.8, 4) is 0 Å². The molecule has 0 bridgehead atoms. The molecule has 3 N–H and O–H groups in total. The molecule has 18 heavy (non-hydrogen) atoms. The third-order valence-corrected chi connectivity index (χ3v) is 3.39. The molecule has 0 aliphatic carbocycles. The zero-order valence-corrected chi connectivity index (χ0v) is 10.8. The van der Waals surface area contributed by atoms with E-state index in [-0.39, 0.29) is 0 Å². The number of aryl methyl sites for hydroxylation is 1. The van der Waals surface area contributed by atoms with Gasteiger partial charge in [-0.15, -0.1) is 11.3 Å². The van der Waals surface area contributed by atoms with Gasteiger partial charge in [-0.3, -0.25) is 5.10 Å². The van der Waals surface area contributed by atoms with E-state index in [1.54, 1.807) is 18.4 Å². The number of hydrogen-bond donors (Lipinski definition) is 3. The van der Waals surface area contributed by atoms with Crippen LogP contribution in [0.4, 0.5) is 17.6 Å². The first kappa shape index (κ1) is 11.0. The molecule has 92 valence electrons. The molecule has 7 heteroatoms. The summed E-state index contributed by atoms with van der Waals surface area (Å²) in [4.78, 5) is 8.80. The van der Waals surface area contributed by atoms with E-state index < -0.39 is 0 Å². The molecule has 0 saturated carbocycles. The van der Waals surface area contributed by atoms with E-state index in [0.717, 1.165) is 27.5 Å². The van der Waals surface area contributed by atoms with Crippen molar-refractivity contribution in [2.45, 2.75) is 6.92 Å². The molecule has 0 amide bonds. The minimum absolute atomic E-state index is 0.593. The maximum Gasteiger partial charge on any atom is 0.225 e. The monoisotopic (exact) mass is 260 g/mol. The summed E-state index contributed by atoms with van der Waals surface area (Å²) in [5.74, 6) is 2.12. The Morgan fingerprint density at radius 3 is 2.94 bits per heavy atom. The van der Waals surface area contributed by atoms with Crippen LogP contribution < -0.4 is 10.6 Å². The average molecular weight is 260 g/mol. The van der Waals surface area contributed by atoms with Gasteiger partial charge < -0.3 is 10.6 Å². The molecule has 6 nitrogen and oxygen atoms in total. The number of nitrogens with zero attached hydrogens (tertiary/aromatic N) is 3. The Hall–Kier alpha value is -2.15. The normalized spacial score (nSPS) is 10.8. The van der Waals surface area contributed by atoms with E-state index in [2.05, 4.69) is 30.8 Å². The molecular weight excluding hydrogens is 248 g/mol. The van der Waals surface area contributed by atoms with Crippen molar-refractivity contribution >= 4 is 39.1 Å². The third kappa shape index (κ3) is 1.88. The summed E-state index contributed by atoms with van der Waals surface area (Å²) in [5, 5.41) is 15.2. The summed E-state index contributed by atoms with van der Waals surface area (Å²) in [5.41, 5.74) is 1.93. The largest absolute Gasteiger partial charge is 0.357 e. The van der Waals surface area contributed by atoms with Gasteiger partial charge in [-0.1, -0.05) is 0 Å². The molecule has 0 aromatic carbocycles. The number of rotatable bonds is 3. The van der Waals surface area contributed by atoms with Crippen molar-refractivity contribution in [3.63, 3.8) is 0 Å². The van der Waals surface area contributed by atoms with Crippen LogP contribution in [0.25, 0.3) is 10.2 Å². The lowest BCUT2D eigenvalue weighted by molar-refractivity contribution is 1.05. The lowest BCUT2D eigenvalue weighted by atomic mass is 10.4. The zero-order chi connectivity index (χ0) is 12.5. The van der Waals surface area contributed by atoms with Crippen LogP contribution >= 0.6 is 11.3 Å². The highest BCUT2D eigenvalue weighted by molar-refractivity contribution is 7.17. The number of anilines is 3. The van der Waals surface area contributed by atoms with Crippen LogP contribution in [-0.2, 0) is 0 Å².